The quantitative estimate of drug-likeness (QED) is 0.746. The Balaban J connectivity index is 2.71. The highest BCUT2D eigenvalue weighted by Gasteiger charge is 2.08. The predicted molar refractivity (Wildman–Crippen MR) is 71.5 cm³/mol. The zero-order valence-electron chi connectivity index (χ0n) is 10.0. The van der Waals surface area contributed by atoms with E-state index in [1.807, 2.05) is 13.1 Å². The molecule has 0 N–H and O–H groups in total. The maximum Gasteiger partial charge on any atom is 0.147 e. The van der Waals surface area contributed by atoms with Crippen molar-refractivity contribution in [3.63, 3.8) is 0 Å². The number of hydrogen-bond donors (Lipinski definition) is 0. The van der Waals surface area contributed by atoms with E-state index in [1.54, 1.807) is 6.20 Å². The fraction of sp³-hybridized carbons (Fsp3) is 0.583. The Hall–Kier alpha value is -0.470. The van der Waals surface area contributed by atoms with Crippen molar-refractivity contribution in [3.05, 3.63) is 22.8 Å². The maximum atomic E-state index is 6.16. The van der Waals surface area contributed by atoms with E-state index in [9.17, 15) is 0 Å². The lowest BCUT2D eigenvalue weighted by atomic mass is 10.1. The third kappa shape index (κ3) is 3.84. The Labute approximate surface area is 108 Å². The van der Waals surface area contributed by atoms with E-state index in [0.717, 1.165) is 24.3 Å². The summed E-state index contributed by atoms with van der Waals surface area (Å²) in [6, 6.07) is 1.88. The molecular formula is C12H18Cl2N2. The van der Waals surface area contributed by atoms with Crippen LogP contribution in [0.5, 0.6) is 0 Å². The highest BCUT2D eigenvalue weighted by Crippen LogP contribution is 2.24. The van der Waals surface area contributed by atoms with Gasteiger partial charge in [-0.25, -0.2) is 4.98 Å². The Morgan fingerprint density at radius 1 is 1.44 bits per heavy atom. The molecule has 1 aromatic heterocycles. The van der Waals surface area contributed by atoms with Gasteiger partial charge in [0.2, 0.25) is 0 Å². The average Bonchev–Trinajstić information content (AvgIpc) is 2.25. The Morgan fingerprint density at radius 2 is 2.12 bits per heavy atom. The first kappa shape index (κ1) is 13.6. The topological polar surface area (TPSA) is 16.1 Å². The highest BCUT2D eigenvalue weighted by molar-refractivity contribution is 6.33. The number of aromatic nitrogens is 1. The number of rotatable bonds is 5. The SMILES string of the molecule is CC(C)CCN(C)c1ncc(CCl)cc1Cl. The molecule has 0 bridgehead atoms. The molecule has 1 aromatic rings. The van der Waals surface area contributed by atoms with Crippen LogP contribution in [-0.2, 0) is 5.88 Å². The standard InChI is InChI=1S/C12H18Cl2N2/c1-9(2)4-5-16(3)12-11(14)6-10(7-13)8-15-12/h6,8-9H,4-5,7H2,1-3H3. The molecule has 0 unspecified atom stereocenters. The summed E-state index contributed by atoms with van der Waals surface area (Å²) >= 11 is 11.9. The summed E-state index contributed by atoms with van der Waals surface area (Å²) in [4.78, 5) is 6.42. The molecule has 2 nitrogen and oxygen atoms in total. The molecule has 90 valence electrons. The summed E-state index contributed by atoms with van der Waals surface area (Å²) in [5.74, 6) is 1.96. The zero-order valence-corrected chi connectivity index (χ0v) is 11.5. The largest absolute Gasteiger partial charge is 0.358 e. The lowest BCUT2D eigenvalue weighted by Gasteiger charge is -2.20. The summed E-state index contributed by atoms with van der Waals surface area (Å²) in [6.07, 6.45) is 2.91. The number of pyridine rings is 1. The van der Waals surface area contributed by atoms with Gasteiger partial charge in [-0.05, 0) is 24.0 Å². The second kappa shape index (κ2) is 6.31. The fourth-order valence-electron chi connectivity index (χ4n) is 1.38. The number of anilines is 1. The van der Waals surface area contributed by atoms with E-state index in [4.69, 9.17) is 23.2 Å². The third-order valence-electron chi connectivity index (χ3n) is 2.44. The van der Waals surface area contributed by atoms with Crippen LogP contribution in [0.4, 0.5) is 5.82 Å². The Bertz CT molecular complexity index is 340. The molecule has 4 heteroatoms. The minimum Gasteiger partial charge on any atom is -0.358 e. The van der Waals surface area contributed by atoms with Gasteiger partial charge in [0.25, 0.3) is 0 Å². The number of nitrogens with zero attached hydrogens (tertiary/aromatic N) is 2. The molecule has 0 aliphatic heterocycles. The molecule has 0 saturated carbocycles. The Morgan fingerprint density at radius 3 is 2.62 bits per heavy atom. The van der Waals surface area contributed by atoms with E-state index in [2.05, 4.69) is 23.7 Å². The van der Waals surface area contributed by atoms with Gasteiger partial charge in [-0.15, -0.1) is 11.6 Å². The van der Waals surface area contributed by atoms with Crippen LogP contribution in [0.25, 0.3) is 0 Å². The molecule has 0 atom stereocenters. The molecule has 0 aromatic carbocycles. The highest BCUT2D eigenvalue weighted by atomic mass is 35.5. The number of halogens is 2. The third-order valence-corrected chi connectivity index (χ3v) is 3.02. The van der Waals surface area contributed by atoms with Crippen LogP contribution in [0.2, 0.25) is 5.02 Å². The minimum absolute atomic E-state index is 0.447. The number of hydrogen-bond acceptors (Lipinski definition) is 2. The van der Waals surface area contributed by atoms with Gasteiger partial charge in [0.15, 0.2) is 0 Å². The van der Waals surface area contributed by atoms with E-state index >= 15 is 0 Å². The van der Waals surface area contributed by atoms with E-state index in [-0.39, 0.29) is 0 Å². The molecule has 0 saturated heterocycles. The van der Waals surface area contributed by atoms with Gasteiger partial charge in [0, 0.05) is 25.7 Å². The van der Waals surface area contributed by atoms with Crippen molar-refractivity contribution < 1.29 is 0 Å². The van der Waals surface area contributed by atoms with Crippen LogP contribution in [0.3, 0.4) is 0 Å². The molecule has 1 rings (SSSR count). The summed E-state index contributed by atoms with van der Waals surface area (Å²) in [5.41, 5.74) is 0.952. The molecule has 0 spiro atoms. The second-order valence-electron chi connectivity index (χ2n) is 4.39. The van der Waals surface area contributed by atoms with Gasteiger partial charge < -0.3 is 4.90 Å². The lowest BCUT2D eigenvalue weighted by molar-refractivity contribution is 0.583. The van der Waals surface area contributed by atoms with Crippen LogP contribution >= 0.6 is 23.2 Å². The molecule has 16 heavy (non-hydrogen) atoms. The van der Waals surface area contributed by atoms with Crippen molar-refractivity contribution in [2.24, 2.45) is 5.92 Å². The summed E-state index contributed by atoms with van der Waals surface area (Å²) in [7, 11) is 2.01. The van der Waals surface area contributed by atoms with Crippen LogP contribution in [0, 0.1) is 5.92 Å². The number of alkyl halides is 1. The molecule has 1 heterocycles. The monoisotopic (exact) mass is 260 g/mol. The molecule has 0 aliphatic rings. The lowest BCUT2D eigenvalue weighted by Crippen LogP contribution is -2.21. The van der Waals surface area contributed by atoms with Gasteiger partial charge in [0.1, 0.15) is 5.82 Å². The van der Waals surface area contributed by atoms with Gasteiger partial charge in [-0.1, -0.05) is 25.4 Å². The van der Waals surface area contributed by atoms with E-state index < -0.39 is 0 Å². The van der Waals surface area contributed by atoms with Gasteiger partial charge in [0.05, 0.1) is 5.02 Å². The van der Waals surface area contributed by atoms with Gasteiger partial charge >= 0.3 is 0 Å². The van der Waals surface area contributed by atoms with E-state index in [0.29, 0.717) is 16.8 Å². The van der Waals surface area contributed by atoms with Crippen molar-refractivity contribution in [2.45, 2.75) is 26.1 Å². The fourth-order valence-corrected chi connectivity index (χ4v) is 1.86. The summed E-state index contributed by atoms with van der Waals surface area (Å²) < 4.78 is 0. The second-order valence-corrected chi connectivity index (χ2v) is 5.06. The maximum absolute atomic E-state index is 6.16. The van der Waals surface area contributed by atoms with Gasteiger partial charge in [-0.2, -0.15) is 0 Å². The first-order chi connectivity index (χ1) is 7.54. The predicted octanol–water partition coefficient (Wildman–Crippen LogP) is 3.96. The first-order valence-corrected chi connectivity index (χ1v) is 6.37. The molecule has 0 aliphatic carbocycles. The van der Waals surface area contributed by atoms with Crippen molar-refractivity contribution in [3.8, 4) is 0 Å². The zero-order chi connectivity index (χ0) is 12.1. The normalized spacial score (nSPS) is 10.9. The van der Waals surface area contributed by atoms with Crippen LogP contribution in [-0.4, -0.2) is 18.6 Å². The van der Waals surface area contributed by atoms with Crippen molar-refractivity contribution in [1.29, 1.82) is 0 Å². The molecular weight excluding hydrogens is 243 g/mol. The summed E-state index contributed by atoms with van der Waals surface area (Å²) in [6.45, 7) is 5.38. The van der Waals surface area contributed by atoms with Crippen LogP contribution in [0.15, 0.2) is 12.3 Å². The molecule has 0 radical (unpaired) electrons. The van der Waals surface area contributed by atoms with Crippen LogP contribution in [0.1, 0.15) is 25.8 Å². The van der Waals surface area contributed by atoms with Gasteiger partial charge in [-0.3, -0.25) is 0 Å². The van der Waals surface area contributed by atoms with Crippen molar-refractivity contribution >= 4 is 29.0 Å². The van der Waals surface area contributed by atoms with E-state index in [1.165, 1.54) is 0 Å². The van der Waals surface area contributed by atoms with Crippen LogP contribution < -0.4 is 4.90 Å². The Kier molecular flexibility index (Phi) is 5.36. The first-order valence-electron chi connectivity index (χ1n) is 5.46. The van der Waals surface area contributed by atoms with Crippen molar-refractivity contribution in [1.82, 2.24) is 4.98 Å². The average molecular weight is 261 g/mol. The smallest absolute Gasteiger partial charge is 0.147 e. The molecule has 0 amide bonds. The minimum atomic E-state index is 0.447. The summed E-state index contributed by atoms with van der Waals surface area (Å²) in [5, 5.41) is 0.671. The molecule has 0 fully saturated rings. The van der Waals surface area contributed by atoms with Crippen molar-refractivity contribution in [2.75, 3.05) is 18.5 Å².